The number of hydrogen-bond acceptors (Lipinski definition) is 6. The molecule has 4 rings (SSSR count). The monoisotopic (exact) mass is 432 g/mol. The van der Waals surface area contributed by atoms with Gasteiger partial charge in [0, 0.05) is 24.2 Å². The number of primary amides is 1. The third-order valence-corrected chi connectivity index (χ3v) is 5.30. The summed E-state index contributed by atoms with van der Waals surface area (Å²) in [5, 5.41) is 4.55. The van der Waals surface area contributed by atoms with Crippen LogP contribution in [0.4, 0.5) is 5.69 Å². The van der Waals surface area contributed by atoms with E-state index in [2.05, 4.69) is 10.1 Å². The first-order valence-corrected chi connectivity index (χ1v) is 10.3. The summed E-state index contributed by atoms with van der Waals surface area (Å²) in [6.45, 7) is 7.54. The molecule has 0 aliphatic carbocycles. The smallest absolute Gasteiger partial charge is 0.259 e. The number of fused-ring (bicyclic) bond motifs is 1. The van der Waals surface area contributed by atoms with Gasteiger partial charge in [0.05, 0.1) is 22.3 Å². The number of hydrogen-bond donors (Lipinski definition) is 1. The second kappa shape index (κ2) is 8.30. The lowest BCUT2D eigenvalue weighted by Crippen LogP contribution is -2.34. The molecule has 3 aromatic heterocycles. The lowest BCUT2D eigenvalue weighted by Gasteiger charge is -2.23. The molecule has 1 aromatic carbocycles. The van der Waals surface area contributed by atoms with Gasteiger partial charge in [0.15, 0.2) is 0 Å². The van der Waals surface area contributed by atoms with Crippen molar-refractivity contribution in [3.63, 3.8) is 0 Å². The van der Waals surface area contributed by atoms with E-state index in [1.54, 1.807) is 17.9 Å². The number of carbonyl (C=O) groups excluding carboxylic acids is 2. The first-order chi connectivity index (χ1) is 15.2. The summed E-state index contributed by atoms with van der Waals surface area (Å²) in [6.07, 6.45) is 0.0312. The van der Waals surface area contributed by atoms with E-state index in [9.17, 15) is 9.59 Å². The second-order valence-electron chi connectivity index (χ2n) is 7.84. The van der Waals surface area contributed by atoms with Crippen molar-refractivity contribution in [2.24, 2.45) is 5.73 Å². The normalized spacial score (nSPS) is 11.1. The number of pyridine rings is 1. The summed E-state index contributed by atoms with van der Waals surface area (Å²) in [7, 11) is 0. The van der Waals surface area contributed by atoms with Crippen LogP contribution in [0.1, 0.15) is 39.6 Å². The Morgan fingerprint density at radius 1 is 1.09 bits per heavy atom. The van der Waals surface area contributed by atoms with Gasteiger partial charge in [-0.05, 0) is 57.5 Å². The highest BCUT2D eigenvalue weighted by atomic mass is 16.5. The van der Waals surface area contributed by atoms with Crippen LogP contribution in [-0.4, -0.2) is 28.5 Å². The van der Waals surface area contributed by atoms with Crippen molar-refractivity contribution in [1.29, 1.82) is 0 Å². The first-order valence-electron chi connectivity index (χ1n) is 10.3. The third-order valence-electron chi connectivity index (χ3n) is 5.30. The predicted octanol–water partition coefficient (Wildman–Crippen LogP) is 4.24. The fourth-order valence-electron chi connectivity index (χ4n) is 3.80. The molecule has 0 atom stereocenters. The zero-order chi connectivity index (χ0) is 23.0. The van der Waals surface area contributed by atoms with Gasteiger partial charge in [0.1, 0.15) is 11.5 Å². The molecule has 0 aliphatic heterocycles. The molecule has 3 heterocycles. The summed E-state index contributed by atoms with van der Waals surface area (Å²) < 4.78 is 11.1. The van der Waals surface area contributed by atoms with Crippen molar-refractivity contribution in [2.45, 2.75) is 34.1 Å². The summed E-state index contributed by atoms with van der Waals surface area (Å²) in [4.78, 5) is 31.5. The Hall–Kier alpha value is -3.94. The minimum absolute atomic E-state index is 0.0312. The van der Waals surface area contributed by atoms with E-state index in [1.165, 1.54) is 0 Å². The van der Waals surface area contributed by atoms with Gasteiger partial charge in [0.2, 0.25) is 5.91 Å². The van der Waals surface area contributed by atoms with Crippen molar-refractivity contribution in [3.8, 4) is 11.3 Å². The number of nitrogens with two attached hydrogens (primary N) is 1. The number of aromatic nitrogens is 2. The van der Waals surface area contributed by atoms with E-state index in [-0.39, 0.29) is 24.6 Å². The molecule has 0 saturated heterocycles. The van der Waals surface area contributed by atoms with Gasteiger partial charge in [-0.25, -0.2) is 4.98 Å². The van der Waals surface area contributed by atoms with E-state index in [4.69, 9.17) is 14.7 Å². The summed E-state index contributed by atoms with van der Waals surface area (Å²) in [5.41, 5.74) is 9.57. The molecule has 0 radical (unpaired) electrons. The molecule has 2 amide bonds. The molecule has 8 heteroatoms. The highest BCUT2D eigenvalue weighted by Gasteiger charge is 2.26. The molecule has 0 saturated carbocycles. The molecule has 0 bridgehead atoms. The van der Waals surface area contributed by atoms with E-state index < -0.39 is 5.91 Å². The minimum atomic E-state index is -0.485. The van der Waals surface area contributed by atoms with Crippen molar-refractivity contribution in [3.05, 3.63) is 64.7 Å². The van der Waals surface area contributed by atoms with Gasteiger partial charge in [-0.2, -0.15) is 0 Å². The Kier molecular flexibility index (Phi) is 5.52. The number of benzene rings is 1. The molecular weight excluding hydrogens is 408 g/mol. The van der Waals surface area contributed by atoms with E-state index in [1.807, 2.05) is 51.1 Å². The van der Waals surface area contributed by atoms with Crippen LogP contribution < -0.4 is 10.6 Å². The predicted molar refractivity (Wildman–Crippen MR) is 120 cm³/mol. The Balaban J connectivity index is 1.88. The van der Waals surface area contributed by atoms with Crippen LogP contribution in [0.5, 0.6) is 0 Å². The number of amides is 2. The Bertz CT molecular complexity index is 1340. The Morgan fingerprint density at radius 2 is 1.88 bits per heavy atom. The van der Waals surface area contributed by atoms with Crippen LogP contribution in [0, 0.1) is 27.7 Å². The SMILES string of the molecule is Cc1cccc(N(CCC(N)=O)C(=O)c2cc(-c3cc(C)oc3C)nc3onc(C)c23)c1. The average Bonchev–Trinajstić information content (AvgIpc) is 3.28. The highest BCUT2D eigenvalue weighted by molar-refractivity contribution is 6.14. The Labute approximate surface area is 185 Å². The zero-order valence-corrected chi connectivity index (χ0v) is 18.4. The molecule has 0 spiro atoms. The van der Waals surface area contributed by atoms with Crippen LogP contribution in [0.15, 0.2) is 45.3 Å². The lowest BCUT2D eigenvalue weighted by molar-refractivity contribution is -0.117. The van der Waals surface area contributed by atoms with Gasteiger partial charge in [-0.15, -0.1) is 0 Å². The maximum atomic E-state index is 13.9. The van der Waals surface area contributed by atoms with Crippen molar-refractivity contribution in [2.75, 3.05) is 11.4 Å². The van der Waals surface area contributed by atoms with Gasteiger partial charge in [-0.1, -0.05) is 17.3 Å². The number of rotatable bonds is 6. The van der Waals surface area contributed by atoms with Crippen molar-refractivity contribution < 1.29 is 18.5 Å². The molecular formula is C24H24N4O4. The first kappa shape index (κ1) is 21.3. The topological polar surface area (TPSA) is 115 Å². The lowest BCUT2D eigenvalue weighted by atomic mass is 10.0. The fourth-order valence-corrected chi connectivity index (χ4v) is 3.80. The fraction of sp³-hybridized carbons (Fsp3) is 0.250. The van der Waals surface area contributed by atoms with E-state index in [0.29, 0.717) is 33.8 Å². The molecule has 4 aromatic rings. The maximum absolute atomic E-state index is 13.9. The van der Waals surface area contributed by atoms with Crippen LogP contribution >= 0.6 is 0 Å². The number of aryl methyl sites for hydroxylation is 4. The molecule has 8 nitrogen and oxygen atoms in total. The van der Waals surface area contributed by atoms with Gasteiger partial charge < -0.3 is 19.6 Å². The minimum Gasteiger partial charge on any atom is -0.466 e. The standard InChI is InChI=1S/C24H24N4O4/c1-13-6-5-7-17(10-13)28(9-8-21(25)29)24(30)19-12-20(18-11-14(2)31-16(18)4)26-23-22(19)15(3)27-32-23/h5-7,10-12H,8-9H2,1-4H3,(H2,25,29). The average molecular weight is 432 g/mol. The van der Waals surface area contributed by atoms with Crippen LogP contribution in [-0.2, 0) is 4.79 Å². The number of nitrogens with zero attached hydrogens (tertiary/aromatic N) is 3. The molecule has 32 heavy (non-hydrogen) atoms. The summed E-state index contributed by atoms with van der Waals surface area (Å²) in [6, 6.07) is 11.1. The van der Waals surface area contributed by atoms with E-state index in [0.717, 1.165) is 16.9 Å². The number of carbonyl (C=O) groups is 2. The maximum Gasteiger partial charge on any atom is 0.259 e. The molecule has 164 valence electrons. The molecule has 2 N–H and O–H groups in total. The summed E-state index contributed by atoms with van der Waals surface area (Å²) >= 11 is 0. The van der Waals surface area contributed by atoms with Crippen LogP contribution in [0.2, 0.25) is 0 Å². The van der Waals surface area contributed by atoms with Gasteiger partial charge in [0.25, 0.3) is 11.6 Å². The van der Waals surface area contributed by atoms with Gasteiger partial charge in [-0.3, -0.25) is 9.59 Å². The number of furan rings is 1. The quantitative estimate of drug-likeness (QED) is 0.487. The largest absolute Gasteiger partial charge is 0.466 e. The highest BCUT2D eigenvalue weighted by Crippen LogP contribution is 2.32. The summed E-state index contributed by atoms with van der Waals surface area (Å²) in [5.74, 6) is 0.647. The molecule has 0 fully saturated rings. The van der Waals surface area contributed by atoms with E-state index >= 15 is 0 Å². The molecule has 0 aliphatic rings. The van der Waals surface area contributed by atoms with Crippen LogP contribution in [0.25, 0.3) is 22.4 Å². The number of anilines is 1. The second-order valence-corrected chi connectivity index (χ2v) is 7.84. The Morgan fingerprint density at radius 3 is 2.53 bits per heavy atom. The zero-order valence-electron chi connectivity index (χ0n) is 18.4. The van der Waals surface area contributed by atoms with Crippen molar-refractivity contribution >= 4 is 28.6 Å². The van der Waals surface area contributed by atoms with Crippen molar-refractivity contribution in [1.82, 2.24) is 10.1 Å². The molecule has 0 unspecified atom stereocenters. The van der Waals surface area contributed by atoms with Crippen LogP contribution in [0.3, 0.4) is 0 Å². The van der Waals surface area contributed by atoms with Gasteiger partial charge >= 0.3 is 0 Å². The third kappa shape index (κ3) is 3.99.